The number of amides is 1. The second kappa shape index (κ2) is 11.7. The first-order valence-electron chi connectivity index (χ1n) is 12.2. The molecule has 0 aromatic heterocycles. The van der Waals surface area contributed by atoms with Crippen LogP contribution >= 0.6 is 0 Å². The van der Waals surface area contributed by atoms with Crippen molar-refractivity contribution in [2.24, 2.45) is 0 Å². The van der Waals surface area contributed by atoms with Gasteiger partial charge in [0.2, 0.25) is 10.0 Å². The minimum atomic E-state index is -5.14. The molecule has 0 bridgehead atoms. The van der Waals surface area contributed by atoms with Crippen molar-refractivity contribution in [2.75, 3.05) is 18.5 Å². The number of alkyl halides is 6. The topological polar surface area (TPSA) is 92.8 Å². The fourth-order valence-corrected chi connectivity index (χ4v) is 6.06. The Balaban J connectivity index is 1.50. The number of fused-ring (bicyclic) bond motifs is 1. The Morgan fingerprint density at radius 2 is 1.50 bits per heavy atom. The summed E-state index contributed by atoms with van der Waals surface area (Å²) in [5, 5.41) is 1.85. The van der Waals surface area contributed by atoms with Crippen LogP contribution in [0.25, 0.3) is 0 Å². The largest absolute Gasteiger partial charge is 0.456 e. The first-order valence-corrected chi connectivity index (χ1v) is 13.6. The van der Waals surface area contributed by atoms with Crippen LogP contribution in [0.5, 0.6) is 0 Å². The molecular weight excluding hydrogens is 597 g/mol. The van der Waals surface area contributed by atoms with Gasteiger partial charge < -0.3 is 10.1 Å². The summed E-state index contributed by atoms with van der Waals surface area (Å²) in [4.78, 5) is 24.8. The number of hydrogen-bond donors (Lipinski definition) is 1. The average Bonchev–Trinajstić information content (AvgIpc) is 2.91. The molecule has 4 rings (SSSR count). The van der Waals surface area contributed by atoms with Crippen LogP contribution in [-0.2, 0) is 43.1 Å². The fraction of sp³-hybridized carbons (Fsp3) is 0.259. The van der Waals surface area contributed by atoms with Crippen molar-refractivity contribution >= 4 is 27.6 Å². The highest BCUT2D eigenvalue weighted by atomic mass is 32.2. The average molecular weight is 619 g/mol. The molecule has 0 aliphatic carbocycles. The summed E-state index contributed by atoms with van der Waals surface area (Å²) in [5.41, 5.74) is -2.88. The molecule has 3 aromatic carbocycles. The Morgan fingerprint density at radius 3 is 2.10 bits per heavy atom. The summed E-state index contributed by atoms with van der Waals surface area (Å²) >= 11 is 0. The summed E-state index contributed by atoms with van der Waals surface area (Å²) in [7, 11) is -4.22. The third-order valence-electron chi connectivity index (χ3n) is 6.38. The summed E-state index contributed by atoms with van der Waals surface area (Å²) in [6, 6.07) is 10.2. The van der Waals surface area contributed by atoms with E-state index in [4.69, 9.17) is 4.74 Å². The molecule has 3 aromatic rings. The monoisotopic (exact) mass is 618 g/mol. The van der Waals surface area contributed by atoms with Crippen LogP contribution in [-0.4, -0.2) is 37.8 Å². The zero-order valence-electron chi connectivity index (χ0n) is 21.3. The number of rotatable bonds is 7. The number of nitrogens with zero attached hydrogens (tertiary/aromatic N) is 1. The van der Waals surface area contributed by atoms with Crippen LogP contribution in [0.1, 0.15) is 34.7 Å². The van der Waals surface area contributed by atoms with Crippen molar-refractivity contribution in [2.45, 2.75) is 36.1 Å². The fourth-order valence-electron chi connectivity index (χ4n) is 4.46. The molecule has 15 heteroatoms. The van der Waals surface area contributed by atoms with E-state index in [0.29, 0.717) is 24.1 Å². The van der Waals surface area contributed by atoms with Crippen LogP contribution in [0.4, 0.5) is 36.4 Å². The van der Waals surface area contributed by atoms with Crippen LogP contribution in [0.15, 0.2) is 71.6 Å². The van der Waals surface area contributed by atoms with E-state index in [2.05, 4.69) is 0 Å². The lowest BCUT2D eigenvalue weighted by Gasteiger charge is -2.36. The lowest BCUT2D eigenvalue weighted by atomic mass is 9.92. The van der Waals surface area contributed by atoms with Crippen molar-refractivity contribution in [3.05, 3.63) is 94.8 Å². The van der Waals surface area contributed by atoms with Crippen molar-refractivity contribution in [1.29, 1.82) is 0 Å². The minimum absolute atomic E-state index is 0.0355. The van der Waals surface area contributed by atoms with Crippen LogP contribution in [0.3, 0.4) is 0 Å². The molecule has 1 aliphatic heterocycles. The molecule has 0 radical (unpaired) electrons. The summed E-state index contributed by atoms with van der Waals surface area (Å²) in [6.45, 7) is -1.11. The second-order valence-electron chi connectivity index (χ2n) is 9.24. The number of halogens is 7. The molecule has 1 aliphatic rings. The normalized spacial score (nSPS) is 16.0. The molecular formula is C27H21F7N2O5S. The molecule has 0 saturated heterocycles. The van der Waals surface area contributed by atoms with E-state index in [1.165, 1.54) is 0 Å². The van der Waals surface area contributed by atoms with Gasteiger partial charge in [0.25, 0.3) is 5.91 Å². The molecule has 1 unspecified atom stereocenters. The van der Waals surface area contributed by atoms with Crippen molar-refractivity contribution in [3.8, 4) is 0 Å². The number of nitrogens with one attached hydrogen (secondary N) is 1. The lowest BCUT2D eigenvalue weighted by molar-refractivity contribution is -0.148. The predicted molar refractivity (Wildman–Crippen MR) is 134 cm³/mol. The van der Waals surface area contributed by atoms with Crippen LogP contribution in [0.2, 0.25) is 0 Å². The van der Waals surface area contributed by atoms with E-state index in [9.17, 15) is 48.7 Å². The van der Waals surface area contributed by atoms with E-state index in [-0.39, 0.29) is 17.5 Å². The van der Waals surface area contributed by atoms with Crippen molar-refractivity contribution in [1.82, 2.24) is 4.31 Å². The van der Waals surface area contributed by atoms with Crippen LogP contribution in [0, 0.1) is 5.82 Å². The first-order chi connectivity index (χ1) is 19.6. The summed E-state index contributed by atoms with van der Waals surface area (Å²) in [5.74, 6) is -2.95. The molecule has 1 heterocycles. The number of benzene rings is 3. The first kappa shape index (κ1) is 31.0. The van der Waals surface area contributed by atoms with Gasteiger partial charge in [0, 0.05) is 12.2 Å². The number of anilines is 1. The van der Waals surface area contributed by atoms with E-state index in [0.717, 1.165) is 34.1 Å². The van der Waals surface area contributed by atoms with Gasteiger partial charge in [0.1, 0.15) is 5.82 Å². The van der Waals surface area contributed by atoms with Gasteiger partial charge in [-0.2, -0.15) is 30.6 Å². The Kier molecular flexibility index (Phi) is 8.64. The highest BCUT2D eigenvalue weighted by Crippen LogP contribution is 2.38. The zero-order valence-corrected chi connectivity index (χ0v) is 22.1. The molecule has 224 valence electrons. The highest BCUT2D eigenvalue weighted by Gasteiger charge is 2.39. The smallest absolute Gasteiger partial charge is 0.416 e. The maximum atomic E-state index is 13.4. The third-order valence-corrected chi connectivity index (χ3v) is 8.30. The molecule has 0 spiro atoms. The van der Waals surface area contributed by atoms with Gasteiger partial charge in [-0.25, -0.2) is 12.8 Å². The van der Waals surface area contributed by atoms with Crippen molar-refractivity contribution < 1.29 is 53.5 Å². The number of esters is 1. The van der Waals surface area contributed by atoms with E-state index >= 15 is 0 Å². The standard InChI is InChI=1S/C27H21F7N2O5S/c28-19-5-7-21(8-6-19)42(39,40)36-10-9-16-3-1-2-4-22(16)23(36)14-25(38)41-15-24(37)35-20-12-17(26(29,30)31)11-18(13-20)27(32,33)34/h1-8,11-13,23H,9-10,14-15H2,(H,35,37). The summed E-state index contributed by atoms with van der Waals surface area (Å²) in [6.07, 6.45) is -10.5. The molecule has 1 amide bonds. The van der Waals surface area contributed by atoms with E-state index < -0.39 is 76.0 Å². The quantitative estimate of drug-likeness (QED) is 0.270. The Hall–Kier alpha value is -3.98. The third kappa shape index (κ3) is 7.07. The SMILES string of the molecule is O=C(COC(=O)CC1c2ccccc2CCN1S(=O)(=O)c1ccc(F)cc1)Nc1cc(C(F)(F)F)cc(C(F)(F)F)c1. The number of ether oxygens (including phenoxy) is 1. The zero-order chi connectivity index (χ0) is 30.9. The molecule has 1 N–H and O–H groups in total. The Labute approximate surface area is 234 Å². The maximum Gasteiger partial charge on any atom is 0.416 e. The number of hydrogen-bond acceptors (Lipinski definition) is 5. The van der Waals surface area contributed by atoms with Gasteiger partial charge in [0.15, 0.2) is 6.61 Å². The van der Waals surface area contributed by atoms with Gasteiger partial charge in [-0.1, -0.05) is 24.3 Å². The number of sulfonamides is 1. The van der Waals surface area contributed by atoms with Crippen molar-refractivity contribution in [3.63, 3.8) is 0 Å². The molecule has 0 fully saturated rings. The predicted octanol–water partition coefficient (Wildman–Crippen LogP) is 5.72. The highest BCUT2D eigenvalue weighted by molar-refractivity contribution is 7.89. The van der Waals surface area contributed by atoms with E-state index in [1.54, 1.807) is 24.3 Å². The summed E-state index contributed by atoms with van der Waals surface area (Å²) < 4.78 is 125. The Bertz CT molecular complexity index is 1560. The van der Waals surface area contributed by atoms with Gasteiger partial charge in [-0.15, -0.1) is 0 Å². The Morgan fingerprint density at radius 1 is 0.905 bits per heavy atom. The number of carbonyl (C=O) groups excluding carboxylic acids is 2. The second-order valence-corrected chi connectivity index (χ2v) is 11.1. The molecule has 7 nitrogen and oxygen atoms in total. The van der Waals surface area contributed by atoms with Gasteiger partial charge in [-0.05, 0) is 60.0 Å². The van der Waals surface area contributed by atoms with E-state index in [1.807, 2.05) is 5.32 Å². The van der Waals surface area contributed by atoms with Gasteiger partial charge >= 0.3 is 18.3 Å². The molecule has 42 heavy (non-hydrogen) atoms. The van der Waals surface area contributed by atoms with Gasteiger partial charge in [0.05, 0.1) is 28.5 Å². The maximum absolute atomic E-state index is 13.4. The molecule has 1 atom stereocenters. The lowest BCUT2D eigenvalue weighted by Crippen LogP contribution is -2.41. The number of carbonyl (C=O) groups is 2. The van der Waals surface area contributed by atoms with Gasteiger partial charge in [-0.3, -0.25) is 9.59 Å². The van der Waals surface area contributed by atoms with Crippen LogP contribution < -0.4 is 5.32 Å². The minimum Gasteiger partial charge on any atom is -0.456 e. The molecule has 0 saturated carbocycles.